The van der Waals surface area contributed by atoms with Crippen molar-refractivity contribution in [2.45, 2.75) is 72.7 Å². The predicted octanol–water partition coefficient (Wildman–Crippen LogP) is 11.8. The second-order valence-corrected chi connectivity index (χ2v) is 11.9. The summed E-state index contributed by atoms with van der Waals surface area (Å²) in [6.45, 7) is 13.8. The first-order chi connectivity index (χ1) is 23.0. The van der Waals surface area contributed by atoms with Crippen LogP contribution in [0.5, 0.6) is 0 Å². The third kappa shape index (κ3) is 14.2. The summed E-state index contributed by atoms with van der Waals surface area (Å²) in [7, 11) is 0. The Kier molecular flexibility index (Phi) is 16.8. The largest absolute Gasteiger partial charge is 0.416 e. The lowest BCUT2D eigenvalue weighted by Gasteiger charge is -2.20. The Balaban J connectivity index is 0.000000289. The number of hydrogen-bond acceptors (Lipinski definition) is 4. The van der Waals surface area contributed by atoms with E-state index < -0.39 is 29.8 Å². The maximum Gasteiger partial charge on any atom is 0.416 e. The smallest absolute Gasteiger partial charge is 0.399 e. The molecule has 4 nitrogen and oxygen atoms in total. The number of aryl methyl sites for hydroxylation is 2. The standard InChI is InChI=1S/C20H23F3O2.C11H15BrO.C7H6F3N/c1-4-24-19(25-5-2)18-10-9-16(11-14(18)3)12-15-7-6-8-17(13-15)20(21,22)23;1-4-13-9(3)11-6-5-10(12)7-8(11)2;8-7(9,10)5-2-1-3-6(11)4-5/h6-11,13,19H,4-5,12H2,1-3H3;5-7,9H,4H2,1-3H3;1-4H,11H2. The molecule has 4 rings (SSSR count). The van der Waals surface area contributed by atoms with Gasteiger partial charge in [-0.2, -0.15) is 26.3 Å². The van der Waals surface area contributed by atoms with Gasteiger partial charge in [0.15, 0.2) is 6.29 Å². The minimum absolute atomic E-state index is 0.125. The summed E-state index contributed by atoms with van der Waals surface area (Å²) in [4.78, 5) is 0. The number of ether oxygens (including phenoxy) is 3. The number of benzene rings is 4. The van der Waals surface area contributed by atoms with Gasteiger partial charge in [-0.3, -0.25) is 0 Å². The van der Waals surface area contributed by atoms with Gasteiger partial charge in [0, 0.05) is 35.5 Å². The lowest BCUT2D eigenvalue weighted by Crippen LogP contribution is -2.10. The van der Waals surface area contributed by atoms with Crippen molar-refractivity contribution in [3.05, 3.63) is 134 Å². The zero-order chi connectivity index (χ0) is 36.8. The zero-order valence-electron chi connectivity index (χ0n) is 28.5. The van der Waals surface area contributed by atoms with Gasteiger partial charge >= 0.3 is 12.4 Å². The van der Waals surface area contributed by atoms with Crippen LogP contribution in [0.1, 0.15) is 84.6 Å². The van der Waals surface area contributed by atoms with E-state index in [2.05, 4.69) is 48.0 Å². The molecule has 4 aromatic rings. The van der Waals surface area contributed by atoms with Crippen molar-refractivity contribution in [2.75, 3.05) is 25.6 Å². The highest BCUT2D eigenvalue weighted by molar-refractivity contribution is 9.10. The van der Waals surface area contributed by atoms with Crippen molar-refractivity contribution < 1.29 is 40.6 Å². The lowest BCUT2D eigenvalue weighted by molar-refractivity contribution is -0.140. The van der Waals surface area contributed by atoms with E-state index in [-0.39, 0.29) is 11.8 Å². The minimum atomic E-state index is -4.32. The summed E-state index contributed by atoms with van der Waals surface area (Å²) < 4.78 is 92.1. The molecule has 1 unspecified atom stereocenters. The van der Waals surface area contributed by atoms with Gasteiger partial charge in [-0.25, -0.2) is 0 Å². The topological polar surface area (TPSA) is 53.7 Å². The molecule has 49 heavy (non-hydrogen) atoms. The van der Waals surface area contributed by atoms with E-state index in [1.54, 1.807) is 6.07 Å². The second kappa shape index (κ2) is 19.7. The van der Waals surface area contributed by atoms with Crippen molar-refractivity contribution in [1.82, 2.24) is 0 Å². The van der Waals surface area contributed by atoms with Gasteiger partial charge in [-0.1, -0.05) is 64.5 Å². The first-order valence-electron chi connectivity index (χ1n) is 15.8. The number of hydrogen-bond donors (Lipinski definition) is 1. The van der Waals surface area contributed by atoms with Gasteiger partial charge in [0.2, 0.25) is 0 Å². The van der Waals surface area contributed by atoms with Gasteiger partial charge < -0.3 is 19.9 Å². The van der Waals surface area contributed by atoms with E-state index in [0.29, 0.717) is 25.2 Å². The summed E-state index contributed by atoms with van der Waals surface area (Å²) in [5, 5.41) is 0. The third-order valence-electron chi connectivity index (χ3n) is 7.19. The Morgan fingerprint density at radius 2 is 1.14 bits per heavy atom. The van der Waals surface area contributed by atoms with Crippen LogP contribution in [0.2, 0.25) is 0 Å². The van der Waals surface area contributed by atoms with E-state index in [4.69, 9.17) is 19.9 Å². The van der Waals surface area contributed by atoms with Crippen molar-refractivity contribution in [3.63, 3.8) is 0 Å². The quantitative estimate of drug-likeness (QED) is 0.0995. The molecule has 0 bridgehead atoms. The van der Waals surface area contributed by atoms with Gasteiger partial charge in [0.05, 0.1) is 17.2 Å². The van der Waals surface area contributed by atoms with Crippen LogP contribution >= 0.6 is 15.9 Å². The molecular weight excluding hydrogens is 712 g/mol. The van der Waals surface area contributed by atoms with Crippen molar-refractivity contribution in [3.8, 4) is 0 Å². The van der Waals surface area contributed by atoms with E-state index >= 15 is 0 Å². The Morgan fingerprint density at radius 3 is 1.63 bits per heavy atom. The molecule has 0 aliphatic carbocycles. The maximum atomic E-state index is 12.8. The molecule has 0 fully saturated rings. The summed E-state index contributed by atoms with van der Waals surface area (Å²) in [5.41, 5.74) is 10.0. The number of nitrogen functional groups attached to an aromatic ring is 1. The van der Waals surface area contributed by atoms with Gasteiger partial charge in [0.25, 0.3) is 0 Å². The van der Waals surface area contributed by atoms with Crippen LogP contribution in [0, 0.1) is 13.8 Å². The van der Waals surface area contributed by atoms with E-state index in [1.165, 1.54) is 35.4 Å². The fraction of sp³-hybridized carbons (Fsp3) is 0.368. The molecule has 0 saturated carbocycles. The molecule has 268 valence electrons. The van der Waals surface area contributed by atoms with E-state index in [9.17, 15) is 26.3 Å². The molecule has 0 heterocycles. The van der Waals surface area contributed by atoms with Gasteiger partial charge in [-0.15, -0.1) is 0 Å². The lowest BCUT2D eigenvalue weighted by atomic mass is 9.98. The Morgan fingerprint density at radius 1 is 0.633 bits per heavy atom. The predicted molar refractivity (Wildman–Crippen MR) is 186 cm³/mol. The monoisotopic (exact) mass is 755 g/mol. The third-order valence-corrected chi connectivity index (χ3v) is 7.68. The molecular formula is C38H44BrF6NO3. The first kappa shape index (κ1) is 41.8. The first-order valence-corrected chi connectivity index (χ1v) is 16.6. The van der Waals surface area contributed by atoms with Crippen LogP contribution in [-0.4, -0.2) is 19.8 Å². The molecule has 2 N–H and O–H groups in total. The number of halogens is 7. The van der Waals surface area contributed by atoms with E-state index in [0.717, 1.165) is 46.0 Å². The zero-order valence-corrected chi connectivity index (χ0v) is 30.1. The molecule has 0 aromatic heterocycles. The van der Waals surface area contributed by atoms with Gasteiger partial charge in [0.1, 0.15) is 0 Å². The molecule has 0 saturated heterocycles. The summed E-state index contributed by atoms with van der Waals surface area (Å²) in [6.07, 6.45) is -8.40. The van der Waals surface area contributed by atoms with Crippen LogP contribution < -0.4 is 5.73 Å². The fourth-order valence-corrected chi connectivity index (χ4v) is 5.36. The van der Waals surface area contributed by atoms with Crippen molar-refractivity contribution in [1.29, 1.82) is 0 Å². The summed E-state index contributed by atoms with van der Waals surface area (Å²) in [5.74, 6) is 0. The van der Waals surface area contributed by atoms with Crippen LogP contribution in [0.3, 0.4) is 0 Å². The molecule has 0 amide bonds. The van der Waals surface area contributed by atoms with E-state index in [1.807, 2.05) is 45.9 Å². The Hall–Kier alpha value is -3.38. The van der Waals surface area contributed by atoms with Gasteiger partial charge in [-0.05, 0) is 112 Å². The number of alkyl halides is 6. The second-order valence-electron chi connectivity index (χ2n) is 11.0. The maximum absolute atomic E-state index is 12.8. The van der Waals surface area contributed by atoms with Crippen LogP contribution in [0.15, 0.2) is 89.4 Å². The number of nitrogens with two attached hydrogens (primary N) is 1. The van der Waals surface area contributed by atoms with Crippen LogP contribution in [0.25, 0.3) is 0 Å². The SMILES string of the molecule is CCOC(C)c1ccc(Br)cc1C.CCOC(OCC)c1ccc(Cc2cccc(C(F)(F)F)c2)cc1C.Nc1cccc(C(F)(F)F)c1. The average molecular weight is 757 g/mol. The molecule has 0 aliphatic rings. The molecule has 0 radical (unpaired) electrons. The molecule has 11 heteroatoms. The van der Waals surface area contributed by atoms with Crippen molar-refractivity contribution in [2.24, 2.45) is 0 Å². The number of rotatable bonds is 10. The molecule has 4 aromatic carbocycles. The summed E-state index contributed by atoms with van der Waals surface area (Å²) in [6, 6.07) is 22.1. The minimum Gasteiger partial charge on any atom is -0.399 e. The van der Waals surface area contributed by atoms with Crippen LogP contribution in [0.4, 0.5) is 32.0 Å². The van der Waals surface area contributed by atoms with Crippen LogP contribution in [-0.2, 0) is 33.0 Å². The highest BCUT2D eigenvalue weighted by atomic mass is 79.9. The van der Waals surface area contributed by atoms with Crippen molar-refractivity contribution >= 4 is 21.6 Å². The Bertz CT molecular complexity index is 1590. The number of anilines is 1. The molecule has 0 spiro atoms. The Labute approximate surface area is 293 Å². The molecule has 0 aliphatic heterocycles. The fourth-order valence-electron chi connectivity index (χ4n) is 4.89. The average Bonchev–Trinajstić information content (AvgIpc) is 3.01. The molecule has 1 atom stereocenters. The highest BCUT2D eigenvalue weighted by Gasteiger charge is 2.31. The summed E-state index contributed by atoms with van der Waals surface area (Å²) >= 11 is 3.44. The normalized spacial score (nSPS) is 12.1. The highest BCUT2D eigenvalue weighted by Crippen LogP contribution is 2.31.